The summed E-state index contributed by atoms with van der Waals surface area (Å²) >= 11 is 3.39. The molecule has 4 heteroatoms. The van der Waals surface area contributed by atoms with Crippen molar-refractivity contribution in [2.45, 2.75) is 37.8 Å². The monoisotopic (exact) mass is 313 g/mol. The van der Waals surface area contributed by atoms with Gasteiger partial charge >= 0.3 is 0 Å². The molecule has 3 nitrogen and oxygen atoms in total. The number of hydrogen-bond acceptors (Lipinski definition) is 3. The van der Waals surface area contributed by atoms with Gasteiger partial charge in [0.05, 0.1) is 6.10 Å². The zero-order chi connectivity index (χ0) is 12.8. The topological polar surface area (TPSA) is 41.5 Å². The van der Waals surface area contributed by atoms with E-state index in [0.29, 0.717) is 6.61 Å². The normalized spacial score (nSPS) is 23.9. The van der Waals surface area contributed by atoms with E-state index in [4.69, 9.17) is 4.74 Å². The molecule has 100 valence electrons. The average molecular weight is 314 g/mol. The molecule has 0 saturated heterocycles. The van der Waals surface area contributed by atoms with E-state index in [2.05, 4.69) is 21.2 Å². The van der Waals surface area contributed by atoms with Crippen LogP contribution < -0.4 is 10.1 Å². The highest BCUT2D eigenvalue weighted by Crippen LogP contribution is 2.18. The predicted molar refractivity (Wildman–Crippen MR) is 75.9 cm³/mol. The first-order chi connectivity index (χ1) is 8.75. The highest BCUT2D eigenvalue weighted by Gasteiger charge is 2.21. The summed E-state index contributed by atoms with van der Waals surface area (Å²) in [5.41, 5.74) is 0. The molecule has 1 aliphatic carbocycles. The van der Waals surface area contributed by atoms with Crippen LogP contribution in [0.15, 0.2) is 28.7 Å². The van der Waals surface area contributed by atoms with Crippen LogP contribution in [-0.2, 0) is 0 Å². The zero-order valence-corrected chi connectivity index (χ0v) is 12.0. The van der Waals surface area contributed by atoms with Crippen molar-refractivity contribution < 1.29 is 9.84 Å². The summed E-state index contributed by atoms with van der Waals surface area (Å²) in [6.07, 6.45) is 4.16. The molecule has 0 bridgehead atoms. The summed E-state index contributed by atoms with van der Waals surface area (Å²) in [7, 11) is 0. The van der Waals surface area contributed by atoms with Gasteiger partial charge in [-0.15, -0.1) is 0 Å². The fourth-order valence-electron chi connectivity index (χ4n) is 2.29. The molecule has 0 aliphatic heterocycles. The third kappa shape index (κ3) is 4.26. The van der Waals surface area contributed by atoms with Crippen molar-refractivity contribution in [2.75, 3.05) is 13.2 Å². The van der Waals surface area contributed by atoms with Crippen LogP contribution in [0.5, 0.6) is 5.75 Å². The van der Waals surface area contributed by atoms with E-state index in [1.54, 1.807) is 0 Å². The van der Waals surface area contributed by atoms with Gasteiger partial charge in [0, 0.05) is 17.1 Å². The predicted octanol–water partition coefficient (Wildman–Crippen LogP) is 2.72. The van der Waals surface area contributed by atoms with Gasteiger partial charge in [-0.25, -0.2) is 0 Å². The number of rotatable bonds is 5. The van der Waals surface area contributed by atoms with Crippen molar-refractivity contribution in [3.8, 4) is 5.75 Å². The van der Waals surface area contributed by atoms with Crippen molar-refractivity contribution in [1.29, 1.82) is 0 Å². The highest BCUT2D eigenvalue weighted by molar-refractivity contribution is 9.10. The first kappa shape index (κ1) is 13.8. The Morgan fingerprint density at radius 2 is 1.94 bits per heavy atom. The van der Waals surface area contributed by atoms with Crippen LogP contribution in [0.2, 0.25) is 0 Å². The van der Waals surface area contributed by atoms with Crippen molar-refractivity contribution in [2.24, 2.45) is 0 Å². The van der Waals surface area contributed by atoms with Crippen LogP contribution in [0.3, 0.4) is 0 Å². The number of aliphatic hydroxyl groups excluding tert-OH is 1. The van der Waals surface area contributed by atoms with Crippen LogP contribution in [0, 0.1) is 0 Å². The summed E-state index contributed by atoms with van der Waals surface area (Å²) in [6.45, 7) is 1.41. The number of hydrogen-bond donors (Lipinski definition) is 2. The smallest absolute Gasteiger partial charge is 0.119 e. The molecule has 1 saturated carbocycles. The maximum atomic E-state index is 9.81. The summed E-state index contributed by atoms with van der Waals surface area (Å²) in [4.78, 5) is 0. The fraction of sp³-hybridized carbons (Fsp3) is 0.571. The van der Waals surface area contributed by atoms with Gasteiger partial charge in [0.25, 0.3) is 0 Å². The molecule has 2 rings (SSSR count). The Bertz CT molecular complexity index is 355. The minimum atomic E-state index is -0.188. The molecule has 2 atom stereocenters. The first-order valence-corrected chi connectivity index (χ1v) is 7.35. The summed E-state index contributed by atoms with van der Waals surface area (Å²) < 4.78 is 6.68. The van der Waals surface area contributed by atoms with Gasteiger partial charge in [-0.2, -0.15) is 0 Å². The van der Waals surface area contributed by atoms with E-state index in [1.165, 1.54) is 6.42 Å². The van der Waals surface area contributed by atoms with Gasteiger partial charge in [-0.1, -0.05) is 28.8 Å². The van der Waals surface area contributed by atoms with Crippen molar-refractivity contribution in [1.82, 2.24) is 5.32 Å². The molecule has 0 radical (unpaired) electrons. The molecule has 0 aromatic heterocycles. The number of ether oxygens (including phenoxy) is 1. The Morgan fingerprint density at radius 1 is 1.22 bits per heavy atom. The number of nitrogens with one attached hydrogen (secondary N) is 1. The molecule has 1 fully saturated rings. The molecule has 1 aliphatic rings. The lowest BCUT2D eigenvalue weighted by Gasteiger charge is -2.28. The van der Waals surface area contributed by atoms with Crippen molar-refractivity contribution in [3.05, 3.63) is 28.7 Å². The van der Waals surface area contributed by atoms with E-state index < -0.39 is 0 Å². The Balaban J connectivity index is 1.65. The Labute approximate surface area is 117 Å². The second-order valence-electron chi connectivity index (χ2n) is 4.71. The first-order valence-electron chi connectivity index (χ1n) is 6.55. The van der Waals surface area contributed by atoms with Gasteiger partial charge in [0.15, 0.2) is 0 Å². The lowest BCUT2D eigenvalue weighted by atomic mass is 9.93. The summed E-state index contributed by atoms with van der Waals surface area (Å²) in [5, 5.41) is 13.2. The molecule has 18 heavy (non-hydrogen) atoms. The molecule has 0 spiro atoms. The van der Waals surface area contributed by atoms with Crippen molar-refractivity contribution in [3.63, 3.8) is 0 Å². The lowest BCUT2D eigenvalue weighted by molar-refractivity contribution is 0.0890. The summed E-state index contributed by atoms with van der Waals surface area (Å²) in [5.74, 6) is 0.879. The maximum Gasteiger partial charge on any atom is 0.119 e. The van der Waals surface area contributed by atoms with Gasteiger partial charge in [-0.3, -0.25) is 0 Å². The molecule has 0 amide bonds. The minimum Gasteiger partial charge on any atom is -0.492 e. The largest absolute Gasteiger partial charge is 0.492 e. The SMILES string of the molecule is OC1CCCCC1NCCOc1ccc(Br)cc1. The molecular formula is C14H20BrNO2. The van der Waals surface area contributed by atoms with Gasteiger partial charge in [0.2, 0.25) is 0 Å². The molecule has 1 aromatic carbocycles. The van der Waals surface area contributed by atoms with Gasteiger partial charge < -0.3 is 15.2 Å². The Hall–Kier alpha value is -0.580. The third-order valence-electron chi connectivity index (χ3n) is 3.32. The fourth-order valence-corrected chi connectivity index (χ4v) is 2.56. The Kier molecular flexibility index (Phi) is 5.47. The van der Waals surface area contributed by atoms with Crippen LogP contribution in [0.4, 0.5) is 0 Å². The number of benzene rings is 1. The van der Waals surface area contributed by atoms with E-state index >= 15 is 0 Å². The maximum absolute atomic E-state index is 9.81. The van der Waals surface area contributed by atoms with E-state index in [1.807, 2.05) is 24.3 Å². The van der Waals surface area contributed by atoms with Gasteiger partial charge in [-0.05, 0) is 37.1 Å². The quantitative estimate of drug-likeness (QED) is 0.821. The molecular weight excluding hydrogens is 294 g/mol. The van der Waals surface area contributed by atoms with Crippen LogP contribution in [0.1, 0.15) is 25.7 Å². The molecule has 2 N–H and O–H groups in total. The standard InChI is InChI=1S/C14H20BrNO2/c15-11-5-7-12(8-6-11)18-10-9-16-13-3-1-2-4-14(13)17/h5-8,13-14,16-17H,1-4,9-10H2. The molecule has 1 aromatic rings. The van der Waals surface area contributed by atoms with E-state index in [0.717, 1.165) is 36.0 Å². The van der Waals surface area contributed by atoms with Gasteiger partial charge in [0.1, 0.15) is 12.4 Å². The van der Waals surface area contributed by atoms with Crippen molar-refractivity contribution >= 4 is 15.9 Å². The highest BCUT2D eigenvalue weighted by atomic mass is 79.9. The van der Waals surface area contributed by atoms with Crippen LogP contribution in [0.25, 0.3) is 0 Å². The summed E-state index contributed by atoms with van der Waals surface area (Å²) in [6, 6.07) is 8.06. The number of aliphatic hydroxyl groups is 1. The second kappa shape index (κ2) is 7.12. The molecule has 0 heterocycles. The van der Waals surface area contributed by atoms with Crippen LogP contribution in [-0.4, -0.2) is 30.4 Å². The second-order valence-corrected chi connectivity index (χ2v) is 5.63. The van der Waals surface area contributed by atoms with Crippen LogP contribution >= 0.6 is 15.9 Å². The lowest BCUT2D eigenvalue weighted by Crippen LogP contribution is -2.43. The minimum absolute atomic E-state index is 0.188. The zero-order valence-electron chi connectivity index (χ0n) is 10.4. The molecule has 2 unspecified atom stereocenters. The van der Waals surface area contributed by atoms with E-state index in [-0.39, 0.29) is 12.1 Å². The average Bonchev–Trinajstić information content (AvgIpc) is 2.39. The van der Waals surface area contributed by atoms with E-state index in [9.17, 15) is 5.11 Å². The Morgan fingerprint density at radius 3 is 2.67 bits per heavy atom. The third-order valence-corrected chi connectivity index (χ3v) is 3.85. The number of halogens is 1.